The van der Waals surface area contributed by atoms with E-state index in [0.29, 0.717) is 5.92 Å². The van der Waals surface area contributed by atoms with Gasteiger partial charge in [0.2, 0.25) is 0 Å². The molecule has 2 nitrogen and oxygen atoms in total. The normalized spacial score (nSPS) is 15.2. The summed E-state index contributed by atoms with van der Waals surface area (Å²) in [6.07, 6.45) is 5.77. The third kappa shape index (κ3) is 4.85. The van der Waals surface area contributed by atoms with E-state index >= 15 is 0 Å². The van der Waals surface area contributed by atoms with Crippen LogP contribution in [0.1, 0.15) is 83.2 Å². The lowest BCUT2D eigenvalue weighted by molar-refractivity contribution is 0.591. The van der Waals surface area contributed by atoms with Gasteiger partial charge in [-0.2, -0.15) is 0 Å². The minimum atomic E-state index is 0.0926. The number of rotatable bonds is 3. The summed E-state index contributed by atoms with van der Waals surface area (Å²) in [6, 6.07) is 41.1. The third-order valence-corrected chi connectivity index (χ3v) is 10.2. The van der Waals surface area contributed by atoms with Crippen LogP contribution in [0, 0.1) is 0 Å². The van der Waals surface area contributed by atoms with Gasteiger partial charge in [0, 0.05) is 33.2 Å². The van der Waals surface area contributed by atoms with Crippen LogP contribution in [0.25, 0.3) is 61.3 Å². The lowest BCUT2D eigenvalue weighted by Crippen LogP contribution is -2.10. The van der Waals surface area contributed by atoms with E-state index < -0.39 is 0 Å². The van der Waals surface area contributed by atoms with E-state index in [0.717, 1.165) is 6.42 Å². The predicted molar refractivity (Wildman–Crippen MR) is 203 cm³/mol. The van der Waals surface area contributed by atoms with Gasteiger partial charge in [-0.3, -0.25) is 0 Å². The number of aromatic nitrogens is 2. The van der Waals surface area contributed by atoms with Gasteiger partial charge in [-0.1, -0.05) is 109 Å². The Hall–Kier alpha value is -4.82. The molecule has 5 aromatic carbocycles. The Bertz CT molecular complexity index is 2360. The van der Waals surface area contributed by atoms with Crippen molar-refractivity contribution in [2.45, 2.75) is 71.6 Å². The zero-order chi connectivity index (χ0) is 32.7. The molecule has 7 aromatic rings. The summed E-state index contributed by atoms with van der Waals surface area (Å²) in [4.78, 5) is 0. The van der Waals surface area contributed by atoms with Gasteiger partial charge in [-0.15, -0.1) is 0 Å². The minimum Gasteiger partial charge on any atom is -0.310 e. The second-order valence-corrected chi connectivity index (χ2v) is 15.6. The highest BCUT2D eigenvalue weighted by Crippen LogP contribution is 2.42. The highest BCUT2D eigenvalue weighted by atomic mass is 15.0. The summed E-state index contributed by atoms with van der Waals surface area (Å²) >= 11 is 0. The monoisotopic (exact) mass is 612 g/mol. The van der Waals surface area contributed by atoms with Gasteiger partial charge in [-0.25, -0.2) is 0 Å². The Labute approximate surface area is 279 Å². The van der Waals surface area contributed by atoms with Crippen LogP contribution in [0.3, 0.4) is 0 Å². The van der Waals surface area contributed by atoms with Gasteiger partial charge < -0.3 is 9.13 Å². The maximum Gasteiger partial charge on any atom is 0.0541 e. The Morgan fingerprint density at radius 1 is 0.532 bits per heavy atom. The molecule has 0 spiro atoms. The fraction of sp³-hybridized carbons (Fsp3) is 0.244. The molecular formula is C45H44N2. The third-order valence-electron chi connectivity index (χ3n) is 10.2. The molecule has 0 aliphatic heterocycles. The maximum atomic E-state index is 2.48. The molecular weight excluding hydrogens is 569 g/mol. The molecule has 234 valence electrons. The molecule has 2 heterocycles. The summed E-state index contributed by atoms with van der Waals surface area (Å²) < 4.78 is 4.91. The molecule has 2 heteroatoms. The van der Waals surface area contributed by atoms with E-state index in [-0.39, 0.29) is 10.8 Å². The van der Waals surface area contributed by atoms with Gasteiger partial charge >= 0.3 is 0 Å². The van der Waals surface area contributed by atoms with Crippen molar-refractivity contribution >= 4 is 38.8 Å². The van der Waals surface area contributed by atoms with Crippen LogP contribution in [0.5, 0.6) is 0 Å². The van der Waals surface area contributed by atoms with E-state index in [4.69, 9.17) is 0 Å². The molecule has 1 atom stereocenters. The van der Waals surface area contributed by atoms with Crippen LogP contribution < -0.4 is 0 Å². The fourth-order valence-corrected chi connectivity index (χ4v) is 7.63. The van der Waals surface area contributed by atoms with Crippen LogP contribution in [0.2, 0.25) is 0 Å². The van der Waals surface area contributed by atoms with Crippen LogP contribution in [0.4, 0.5) is 0 Å². The molecule has 0 amide bonds. The number of allylic oxidation sites excluding steroid dienone is 1. The number of benzene rings is 5. The van der Waals surface area contributed by atoms with Crippen LogP contribution in [-0.2, 0) is 10.8 Å². The van der Waals surface area contributed by atoms with Gasteiger partial charge in [0.25, 0.3) is 0 Å². The summed E-state index contributed by atoms with van der Waals surface area (Å²) in [5.41, 5.74) is 14.3. The van der Waals surface area contributed by atoms with Crippen LogP contribution in [-0.4, -0.2) is 9.13 Å². The van der Waals surface area contributed by atoms with E-state index in [2.05, 4.69) is 179 Å². The van der Waals surface area contributed by atoms with Gasteiger partial charge in [-0.05, 0) is 112 Å². The Morgan fingerprint density at radius 2 is 1.09 bits per heavy atom. The fourth-order valence-electron chi connectivity index (χ4n) is 7.63. The van der Waals surface area contributed by atoms with E-state index in [1.807, 2.05) is 0 Å². The lowest BCUT2D eigenvalue weighted by atomic mass is 9.84. The molecule has 1 aliphatic carbocycles. The van der Waals surface area contributed by atoms with Gasteiger partial charge in [0.15, 0.2) is 0 Å². The SMILES string of the molecule is CC1CC=Cc2c1c1cc(C(C)(C)C)ccc1n2-c1cccc(-c2cccc(-n3c4ccccc4c4cc(C(C)(C)C)ccc43)c2)c1. The Kier molecular flexibility index (Phi) is 6.67. The molecule has 0 bridgehead atoms. The van der Waals surface area contributed by atoms with Crippen molar-refractivity contribution in [1.29, 1.82) is 0 Å². The van der Waals surface area contributed by atoms with Crippen molar-refractivity contribution in [2.24, 2.45) is 0 Å². The number of fused-ring (bicyclic) bond motifs is 6. The smallest absolute Gasteiger partial charge is 0.0541 e. The number of nitrogens with zero attached hydrogens (tertiary/aromatic N) is 2. The first kappa shape index (κ1) is 29.6. The zero-order valence-electron chi connectivity index (χ0n) is 28.7. The van der Waals surface area contributed by atoms with Crippen molar-refractivity contribution in [3.63, 3.8) is 0 Å². The van der Waals surface area contributed by atoms with Gasteiger partial charge in [0.1, 0.15) is 0 Å². The molecule has 0 saturated heterocycles. The molecule has 0 N–H and O–H groups in total. The zero-order valence-corrected chi connectivity index (χ0v) is 28.7. The van der Waals surface area contributed by atoms with E-state index in [1.165, 1.54) is 77.6 Å². The minimum absolute atomic E-state index is 0.0926. The average Bonchev–Trinajstić information content (AvgIpc) is 3.57. The predicted octanol–water partition coefficient (Wildman–Crippen LogP) is 12.5. The molecule has 0 fully saturated rings. The number of para-hydroxylation sites is 1. The first-order valence-electron chi connectivity index (χ1n) is 17.1. The second-order valence-electron chi connectivity index (χ2n) is 15.6. The summed E-state index contributed by atoms with van der Waals surface area (Å²) in [6.45, 7) is 16.2. The van der Waals surface area contributed by atoms with Crippen molar-refractivity contribution in [2.75, 3.05) is 0 Å². The largest absolute Gasteiger partial charge is 0.310 e. The van der Waals surface area contributed by atoms with E-state index in [1.54, 1.807) is 0 Å². The quantitative estimate of drug-likeness (QED) is 0.188. The standard InChI is InChI=1S/C45H44N2/c1-29-13-10-20-42-43(29)38-28-33(45(5,6)7)22-24-41(38)47(42)35-17-12-15-31(26-35)30-14-11-16-34(25-30)46-39-19-9-8-18-36(39)37-27-32(44(2,3)4)21-23-40(37)46/h8-12,14-29H,13H2,1-7H3. The summed E-state index contributed by atoms with van der Waals surface area (Å²) in [7, 11) is 0. The molecule has 47 heavy (non-hydrogen) atoms. The highest BCUT2D eigenvalue weighted by molar-refractivity contribution is 6.09. The molecule has 8 rings (SSSR count). The number of hydrogen-bond donors (Lipinski definition) is 0. The first-order valence-corrected chi connectivity index (χ1v) is 17.1. The topological polar surface area (TPSA) is 9.86 Å². The van der Waals surface area contributed by atoms with Crippen molar-refractivity contribution in [3.05, 3.63) is 138 Å². The summed E-state index contributed by atoms with van der Waals surface area (Å²) in [5.74, 6) is 0.486. The average molecular weight is 613 g/mol. The molecule has 0 saturated carbocycles. The van der Waals surface area contributed by atoms with Crippen molar-refractivity contribution < 1.29 is 0 Å². The summed E-state index contributed by atoms with van der Waals surface area (Å²) in [5, 5.41) is 3.99. The van der Waals surface area contributed by atoms with E-state index in [9.17, 15) is 0 Å². The van der Waals surface area contributed by atoms with Gasteiger partial charge in [0.05, 0.1) is 16.6 Å². The molecule has 1 unspecified atom stereocenters. The Balaban J connectivity index is 1.28. The van der Waals surface area contributed by atoms with Crippen molar-refractivity contribution in [3.8, 4) is 22.5 Å². The highest BCUT2D eigenvalue weighted by Gasteiger charge is 2.25. The number of hydrogen-bond acceptors (Lipinski definition) is 0. The molecule has 2 aromatic heterocycles. The maximum absolute atomic E-state index is 2.48. The Morgan fingerprint density at radius 3 is 1.72 bits per heavy atom. The molecule has 0 radical (unpaired) electrons. The first-order chi connectivity index (χ1) is 22.5. The molecule has 1 aliphatic rings. The second kappa shape index (κ2) is 10.6. The lowest BCUT2D eigenvalue weighted by Gasteiger charge is -2.20. The van der Waals surface area contributed by atoms with Crippen molar-refractivity contribution in [1.82, 2.24) is 9.13 Å². The van der Waals surface area contributed by atoms with Crippen LogP contribution in [0.15, 0.2) is 115 Å². The van der Waals surface area contributed by atoms with Crippen LogP contribution >= 0.6 is 0 Å².